The van der Waals surface area contributed by atoms with Gasteiger partial charge in [0.1, 0.15) is 0 Å². The van der Waals surface area contributed by atoms with Gasteiger partial charge in [0.15, 0.2) is 0 Å². The number of aromatic nitrogens is 3. The van der Waals surface area contributed by atoms with Gasteiger partial charge in [-0.2, -0.15) is 0 Å². The van der Waals surface area contributed by atoms with Crippen LogP contribution in [0.4, 0.5) is 0 Å². The van der Waals surface area contributed by atoms with Crippen LogP contribution in [-0.4, -0.2) is 15.0 Å². The van der Waals surface area contributed by atoms with Crippen LogP contribution in [-0.2, 0) is 20.1 Å². The van der Waals surface area contributed by atoms with Gasteiger partial charge in [0.2, 0.25) is 0 Å². The fourth-order valence-corrected chi connectivity index (χ4v) is 5.25. The number of para-hydroxylation sites is 2. The monoisotopic (exact) mass is 690 g/mol. The molecule has 3 nitrogen and oxygen atoms in total. The molecule has 2 heterocycles. The fourth-order valence-electron chi connectivity index (χ4n) is 5.25. The Morgan fingerprint density at radius 2 is 1.07 bits per heavy atom. The Morgan fingerprint density at radius 3 is 1.77 bits per heavy atom. The molecule has 0 bridgehead atoms. The minimum absolute atomic E-state index is 0. The third-order valence-electron chi connectivity index (χ3n) is 7.04. The van der Waals surface area contributed by atoms with Crippen molar-refractivity contribution in [3.8, 4) is 44.8 Å². The minimum atomic E-state index is 0. The summed E-state index contributed by atoms with van der Waals surface area (Å²) in [4.78, 5) is 14.1. The largest absolute Gasteiger partial charge is 0.296 e. The van der Waals surface area contributed by atoms with E-state index >= 15 is 0 Å². The molecule has 0 amide bonds. The van der Waals surface area contributed by atoms with Gasteiger partial charge < -0.3 is 0 Å². The predicted molar refractivity (Wildman–Crippen MR) is 159 cm³/mol. The number of rotatable bonds is 2. The Bertz CT molecular complexity index is 1970. The van der Waals surface area contributed by atoms with Crippen LogP contribution in [0, 0.1) is 19.1 Å². The van der Waals surface area contributed by atoms with Gasteiger partial charge >= 0.3 is 0 Å². The van der Waals surface area contributed by atoms with Gasteiger partial charge in [0.05, 0.1) is 16.6 Å². The van der Waals surface area contributed by atoms with Crippen molar-refractivity contribution in [3.63, 3.8) is 0 Å². The van der Waals surface area contributed by atoms with Crippen molar-refractivity contribution in [2.24, 2.45) is 0 Å². The third kappa shape index (κ3) is 4.62. The molecule has 0 atom stereocenters. The van der Waals surface area contributed by atoms with Gasteiger partial charge in [-0.3, -0.25) is 15.0 Å². The first kappa shape index (κ1) is 25.8. The number of hydrogen-bond acceptors (Lipinski definition) is 3. The molecule has 0 aliphatic heterocycles. The maximum absolute atomic E-state index is 4.86. The van der Waals surface area contributed by atoms with Gasteiger partial charge in [-0.25, -0.2) is 0 Å². The van der Waals surface area contributed by atoms with E-state index in [-0.39, 0.29) is 20.1 Å². The van der Waals surface area contributed by atoms with E-state index in [1.807, 2.05) is 73.7 Å². The molecule has 7 aromatic rings. The number of fused-ring (bicyclic) bond motifs is 4. The number of hydrogen-bond donors (Lipinski definition) is 0. The van der Waals surface area contributed by atoms with E-state index in [1.54, 1.807) is 0 Å². The Hall–Kier alpha value is -4.50. The smallest absolute Gasteiger partial charge is 0.0870 e. The normalized spacial score (nSPS) is 10.9. The van der Waals surface area contributed by atoms with Crippen molar-refractivity contribution >= 4 is 21.9 Å². The van der Waals surface area contributed by atoms with E-state index in [4.69, 9.17) is 4.98 Å². The molecular weight excluding hydrogens is 667 g/mol. The molecule has 0 spiro atoms. The molecule has 0 N–H and O–H groups in total. The minimum Gasteiger partial charge on any atom is -0.296 e. The first-order chi connectivity index (χ1) is 19.3. The van der Waals surface area contributed by atoms with Crippen molar-refractivity contribution in [3.05, 3.63) is 139 Å². The summed E-state index contributed by atoms with van der Waals surface area (Å²) in [5.41, 5.74) is 12.9. The fraction of sp³-hybridized carbons (Fsp3) is 0.0278. The Morgan fingerprint density at radius 1 is 0.500 bits per heavy atom. The second-order valence-corrected chi connectivity index (χ2v) is 9.50. The van der Waals surface area contributed by atoms with Crippen molar-refractivity contribution < 1.29 is 20.1 Å². The van der Waals surface area contributed by atoms with Crippen LogP contribution in [0.5, 0.6) is 0 Å². The van der Waals surface area contributed by atoms with Crippen molar-refractivity contribution in [1.29, 1.82) is 0 Å². The van der Waals surface area contributed by atoms with E-state index < -0.39 is 0 Å². The Labute approximate surface area is 247 Å². The van der Waals surface area contributed by atoms with E-state index in [9.17, 15) is 0 Å². The maximum atomic E-state index is 4.86. The molecule has 1 radical (unpaired) electrons. The average molecular weight is 690 g/mol. The molecule has 8 rings (SSSR count). The first-order valence-electron chi connectivity index (χ1n) is 13.0. The zero-order valence-electron chi connectivity index (χ0n) is 21.7. The summed E-state index contributed by atoms with van der Waals surface area (Å²) in [6, 6.07) is 47.4. The first-order valence-corrected chi connectivity index (χ1v) is 13.0. The van der Waals surface area contributed by atoms with Crippen molar-refractivity contribution in [2.75, 3.05) is 0 Å². The van der Waals surface area contributed by atoms with Gasteiger partial charge in [0, 0.05) is 36.9 Å². The van der Waals surface area contributed by atoms with Gasteiger partial charge in [-0.1, -0.05) is 54.6 Å². The van der Waals surface area contributed by atoms with Crippen LogP contribution < -0.4 is 0 Å². The van der Waals surface area contributed by atoms with Gasteiger partial charge in [-0.15, -0.1) is 71.8 Å². The van der Waals surface area contributed by atoms with Crippen LogP contribution in [0.3, 0.4) is 0 Å². The molecule has 0 saturated carbocycles. The van der Waals surface area contributed by atoms with E-state index in [1.165, 1.54) is 27.6 Å². The molecule has 4 heteroatoms. The van der Waals surface area contributed by atoms with Gasteiger partial charge in [0.25, 0.3) is 0 Å². The molecule has 5 aromatic carbocycles. The Balaban J connectivity index is 0.000000146. The molecule has 193 valence electrons. The molecule has 1 aliphatic carbocycles. The van der Waals surface area contributed by atoms with E-state index in [2.05, 4.69) is 76.7 Å². The molecule has 2 aromatic heterocycles. The topological polar surface area (TPSA) is 38.7 Å². The van der Waals surface area contributed by atoms with Crippen LogP contribution in [0.15, 0.2) is 121 Å². The molecule has 0 unspecified atom stereocenters. The predicted octanol–water partition coefficient (Wildman–Crippen LogP) is 8.75. The zero-order valence-corrected chi connectivity index (χ0v) is 24.1. The average Bonchev–Trinajstić information content (AvgIpc) is 3.33. The standard InChI is InChI=1S/C21H12N.C15H11N2.Ir/c1-2-7-14(8-3-1)20-13-18-16-10-5-4-9-15(16)17-11-6-12-19(22-20)21(17)18;1-11-15(12-7-3-2-4-8-12)17-14-10-6-5-9-13(14)16-11;/h1-7,9-13H;2-7,9-10H,1H3;/q2*-1;. The summed E-state index contributed by atoms with van der Waals surface area (Å²) < 4.78 is 0. The Kier molecular flexibility index (Phi) is 7.04. The second-order valence-electron chi connectivity index (χ2n) is 9.50. The zero-order chi connectivity index (χ0) is 26.2. The summed E-state index contributed by atoms with van der Waals surface area (Å²) in [6.45, 7) is 1.98. The molecule has 40 heavy (non-hydrogen) atoms. The third-order valence-corrected chi connectivity index (χ3v) is 7.04. The number of nitrogens with zero attached hydrogens (tertiary/aromatic N) is 3. The number of aryl methyl sites for hydroxylation is 1. The second kappa shape index (κ2) is 10.9. The van der Waals surface area contributed by atoms with Crippen LogP contribution >= 0.6 is 0 Å². The number of pyridine rings is 1. The van der Waals surface area contributed by atoms with Crippen LogP contribution in [0.25, 0.3) is 66.7 Å². The van der Waals surface area contributed by atoms with E-state index in [0.717, 1.165) is 44.8 Å². The quantitative estimate of drug-likeness (QED) is 0.171. The van der Waals surface area contributed by atoms with Gasteiger partial charge in [-0.05, 0) is 53.1 Å². The molecule has 0 fully saturated rings. The SMILES string of the molecule is Cc1nc2ccccc2nc1-c1[c-]cccc1.[Ir].[c-]1ccccc1-c1cc2c3c(cccc3n1)-c1ccccc1-2. The maximum Gasteiger partial charge on any atom is 0.0870 e. The van der Waals surface area contributed by atoms with Crippen molar-refractivity contribution in [2.45, 2.75) is 6.92 Å². The summed E-state index contributed by atoms with van der Waals surface area (Å²) in [6.07, 6.45) is 0. The van der Waals surface area contributed by atoms with E-state index in [0.29, 0.717) is 0 Å². The summed E-state index contributed by atoms with van der Waals surface area (Å²) in [5, 5.41) is 1.27. The van der Waals surface area contributed by atoms with Crippen molar-refractivity contribution in [1.82, 2.24) is 15.0 Å². The number of benzene rings is 5. The van der Waals surface area contributed by atoms with Crippen LogP contribution in [0.2, 0.25) is 0 Å². The molecular formula is C36H23IrN3-2. The van der Waals surface area contributed by atoms with Crippen LogP contribution in [0.1, 0.15) is 5.69 Å². The molecule has 0 saturated heterocycles. The summed E-state index contributed by atoms with van der Waals surface area (Å²) >= 11 is 0. The summed E-state index contributed by atoms with van der Waals surface area (Å²) in [5.74, 6) is 0. The summed E-state index contributed by atoms with van der Waals surface area (Å²) in [7, 11) is 0. The molecule has 1 aliphatic rings.